The first-order valence-electron chi connectivity index (χ1n) is 4.76. The molecule has 0 amide bonds. The Balaban J connectivity index is -0.0000000149. The van der Waals surface area contributed by atoms with Gasteiger partial charge in [0.25, 0.3) is 0 Å². The smallest absolute Gasteiger partial charge is 0.0140 e. The minimum absolute atomic E-state index is 0. The molecule has 14 heavy (non-hydrogen) atoms. The van der Waals surface area contributed by atoms with Gasteiger partial charge in [0.1, 0.15) is 0 Å². The lowest BCUT2D eigenvalue weighted by Gasteiger charge is -1.90. The highest BCUT2D eigenvalue weighted by Crippen LogP contribution is 1.56. The highest BCUT2D eigenvalue weighted by Gasteiger charge is 1.58. The van der Waals surface area contributed by atoms with Crippen molar-refractivity contribution in [2.24, 2.45) is 0 Å². The van der Waals surface area contributed by atoms with Gasteiger partial charge in [-0.05, 0) is 35.2 Å². The Kier molecular flexibility index (Phi) is 201. The van der Waals surface area contributed by atoms with Crippen molar-refractivity contribution in [3.63, 3.8) is 0 Å². The maximum absolute atomic E-state index is 2.75. The molecule has 0 saturated heterocycles. The summed E-state index contributed by atoms with van der Waals surface area (Å²) in [6, 6.07) is 0. The summed E-state index contributed by atoms with van der Waals surface area (Å²) in [6.07, 6.45) is 1.25. The van der Waals surface area contributed by atoms with E-state index >= 15 is 0 Å². The van der Waals surface area contributed by atoms with Gasteiger partial charge in [-0.2, -0.15) is 0 Å². The van der Waals surface area contributed by atoms with Crippen molar-refractivity contribution in [2.45, 2.75) is 49.0 Å². The third kappa shape index (κ3) is 222000. The summed E-state index contributed by atoms with van der Waals surface area (Å²) < 4.78 is 0. The van der Waals surface area contributed by atoms with Crippen LogP contribution in [-0.4, -0.2) is 40.1 Å². The zero-order valence-electron chi connectivity index (χ0n) is 10.7. The van der Waals surface area contributed by atoms with Crippen LogP contribution in [0.3, 0.4) is 0 Å². The Hall–Kier alpha value is -0.0800. The van der Waals surface area contributed by atoms with Crippen molar-refractivity contribution in [1.29, 1.82) is 0 Å². The van der Waals surface area contributed by atoms with Crippen LogP contribution in [0.25, 0.3) is 0 Å². The highest BCUT2D eigenvalue weighted by atomic mass is 15.0. The molecule has 0 bridgehead atoms. The molecule has 0 aliphatic rings. The molecule has 0 aromatic heterocycles. The summed E-state index contributed by atoms with van der Waals surface area (Å²) in [5.74, 6) is 0. The van der Waals surface area contributed by atoms with Crippen molar-refractivity contribution >= 4 is 0 Å². The van der Waals surface area contributed by atoms with E-state index in [9.17, 15) is 0 Å². The minimum Gasteiger partial charge on any atom is -0.323 e. The van der Waals surface area contributed by atoms with E-state index in [1.165, 1.54) is 6.42 Å². The molecule has 0 atom stereocenters. The molecule has 0 rings (SSSR count). The van der Waals surface area contributed by atoms with Gasteiger partial charge in [-0.25, -0.2) is 0 Å². The fourth-order valence-electron chi connectivity index (χ4n) is 0. The van der Waals surface area contributed by atoms with Gasteiger partial charge in [0.05, 0.1) is 0 Å². The van der Waals surface area contributed by atoms with Crippen LogP contribution >= 0.6 is 0 Å². The van der Waals surface area contributed by atoms with Crippen LogP contribution in [0.5, 0.6) is 0 Å². The first kappa shape index (κ1) is 37.0. The van der Waals surface area contributed by atoms with E-state index in [1.807, 2.05) is 54.0 Å². The second kappa shape index (κ2) is 75.8. The van der Waals surface area contributed by atoms with Gasteiger partial charge in [0.15, 0.2) is 0 Å². The maximum Gasteiger partial charge on any atom is -0.0140 e. The average molecular weight is 210 g/mol. The zero-order valence-corrected chi connectivity index (χ0v) is 10.7. The normalized spacial score (nSPS) is 5.57. The summed E-state index contributed by atoms with van der Waals surface area (Å²) >= 11 is 0. The number of hydrogen-bond acceptors (Lipinski definition) is 2. The summed E-state index contributed by atoms with van der Waals surface area (Å²) in [5.41, 5.74) is 0. The third-order valence-electron chi connectivity index (χ3n) is 0. The van der Waals surface area contributed by atoms with Crippen molar-refractivity contribution in [1.82, 2.24) is 10.2 Å². The van der Waals surface area contributed by atoms with Crippen molar-refractivity contribution in [3.05, 3.63) is 0 Å². The highest BCUT2D eigenvalue weighted by molar-refractivity contribution is 4.09. The van der Waals surface area contributed by atoms with Crippen LogP contribution in [0.4, 0.5) is 0 Å². The summed E-state index contributed by atoms with van der Waals surface area (Å²) in [6.45, 7) is 8.25. The molecule has 2 heteroatoms. The first-order valence-corrected chi connectivity index (χ1v) is 4.76. The Bertz CT molecular complexity index is 24.7. The molecule has 96 valence electrons. The molecular formula is C12H38N2. The second-order valence-corrected chi connectivity index (χ2v) is 2.55. The molecule has 1 N–H and O–H groups in total. The number of nitrogens with zero attached hydrogens (tertiary/aromatic N) is 1. The van der Waals surface area contributed by atoms with Crippen LogP contribution < -0.4 is 5.32 Å². The first-order chi connectivity index (χ1) is 5.56. The summed E-state index contributed by atoms with van der Waals surface area (Å²) in [4.78, 5) is 2.00. The SMILES string of the molecule is C.C.CC.CCC.CN(C)C.CNC. The quantitative estimate of drug-likeness (QED) is 0.655. The average Bonchev–Trinajstić information content (AvgIpc) is 1.92. The largest absolute Gasteiger partial charge is 0.323 e. The Morgan fingerprint density at radius 2 is 0.857 bits per heavy atom. The number of nitrogens with one attached hydrogen (secondary N) is 1. The summed E-state index contributed by atoms with van der Waals surface area (Å²) in [7, 11) is 9.75. The van der Waals surface area contributed by atoms with Gasteiger partial charge in [-0.3, -0.25) is 0 Å². The molecule has 0 heterocycles. The molecule has 0 aromatic carbocycles. The number of rotatable bonds is 0. The van der Waals surface area contributed by atoms with Crippen LogP contribution in [0, 0.1) is 0 Å². The van der Waals surface area contributed by atoms with E-state index in [2.05, 4.69) is 19.2 Å². The van der Waals surface area contributed by atoms with Crippen molar-refractivity contribution < 1.29 is 0 Å². The van der Waals surface area contributed by atoms with Gasteiger partial charge in [0.2, 0.25) is 0 Å². The van der Waals surface area contributed by atoms with Gasteiger partial charge >= 0.3 is 0 Å². The molecule has 0 aromatic rings. The van der Waals surface area contributed by atoms with E-state index in [0.29, 0.717) is 0 Å². The molecule has 0 aliphatic heterocycles. The predicted molar refractivity (Wildman–Crippen MR) is 75.4 cm³/mol. The van der Waals surface area contributed by atoms with Gasteiger partial charge in [0, 0.05) is 0 Å². The molecule has 2 nitrogen and oxygen atoms in total. The monoisotopic (exact) mass is 210 g/mol. The molecule has 0 saturated carbocycles. The van der Waals surface area contributed by atoms with Crippen molar-refractivity contribution in [3.8, 4) is 0 Å². The lowest BCUT2D eigenvalue weighted by Crippen LogP contribution is -1.99. The fraction of sp³-hybridized carbons (Fsp3) is 1.00. The Morgan fingerprint density at radius 3 is 0.857 bits per heavy atom. The van der Waals surface area contributed by atoms with Crippen LogP contribution in [0.1, 0.15) is 49.0 Å². The van der Waals surface area contributed by atoms with E-state index in [4.69, 9.17) is 0 Å². The molecule has 0 aliphatic carbocycles. The van der Waals surface area contributed by atoms with E-state index in [1.54, 1.807) is 0 Å². The third-order valence-corrected chi connectivity index (χ3v) is 0. The Labute approximate surface area is 95.1 Å². The van der Waals surface area contributed by atoms with Crippen LogP contribution in [-0.2, 0) is 0 Å². The van der Waals surface area contributed by atoms with Gasteiger partial charge < -0.3 is 10.2 Å². The van der Waals surface area contributed by atoms with Crippen LogP contribution in [0.15, 0.2) is 0 Å². The Morgan fingerprint density at radius 1 is 0.857 bits per heavy atom. The zero-order chi connectivity index (χ0) is 11.0. The second-order valence-electron chi connectivity index (χ2n) is 2.55. The standard InChI is InChI=1S/C3H9N.C3H8.C2H7N.C2H6.2CH4/c1-4(2)3;2*1-3-2;1-2;;/h1-3H3;3H2,1-2H3;3H,1-2H3;1-2H3;2*1H4. The fourth-order valence-corrected chi connectivity index (χ4v) is 0. The minimum atomic E-state index is 0. The molecule has 0 fully saturated rings. The summed E-state index contributed by atoms with van der Waals surface area (Å²) in [5, 5.41) is 2.75. The van der Waals surface area contributed by atoms with E-state index < -0.39 is 0 Å². The van der Waals surface area contributed by atoms with E-state index in [0.717, 1.165) is 0 Å². The van der Waals surface area contributed by atoms with Gasteiger partial charge in [-0.15, -0.1) is 0 Å². The van der Waals surface area contributed by atoms with Crippen molar-refractivity contribution in [2.75, 3.05) is 35.2 Å². The maximum atomic E-state index is 2.75. The van der Waals surface area contributed by atoms with Gasteiger partial charge in [-0.1, -0.05) is 49.0 Å². The molecule has 0 spiro atoms. The van der Waals surface area contributed by atoms with Crippen LogP contribution in [0.2, 0.25) is 0 Å². The molecule has 0 radical (unpaired) electrons. The predicted octanol–water partition coefficient (Wildman–Crippen LogP) is 3.73. The lowest BCUT2D eigenvalue weighted by molar-refractivity contribution is 0.505. The molecule has 0 unspecified atom stereocenters. The molecular weight excluding hydrogens is 172 g/mol. The van der Waals surface area contributed by atoms with E-state index in [-0.39, 0.29) is 14.9 Å². The number of hydrogen-bond donors (Lipinski definition) is 1. The topological polar surface area (TPSA) is 15.3 Å². The lowest BCUT2D eigenvalue weighted by atomic mass is 10.6.